The number of sulfonamides is 1. The molecule has 4 rings (SSSR count). The molecule has 0 saturated heterocycles. The molecule has 1 aliphatic heterocycles. The fraction of sp³-hybridized carbons (Fsp3) is 0.0870. The molecule has 1 amide bonds. The zero-order valence-electron chi connectivity index (χ0n) is 18.0. The number of benzene rings is 3. The van der Waals surface area contributed by atoms with E-state index in [1.165, 1.54) is 18.2 Å². The predicted molar refractivity (Wildman–Crippen MR) is 137 cm³/mol. The molecule has 8 nitrogen and oxygen atoms in total. The first-order chi connectivity index (χ1) is 16.1. The maximum Gasteiger partial charge on any atom is 0.279 e. The fourth-order valence-corrected chi connectivity index (χ4v) is 4.73. The minimum atomic E-state index is -3.98. The van der Waals surface area contributed by atoms with Gasteiger partial charge < -0.3 is 10.6 Å². The Labute approximate surface area is 207 Å². The highest BCUT2D eigenvalue weighted by Crippen LogP contribution is 2.37. The molecular weight excluding hydrogens is 494 g/mol. The van der Waals surface area contributed by atoms with E-state index in [1.54, 1.807) is 23.1 Å². The first-order valence-electron chi connectivity index (χ1n) is 10.0. The van der Waals surface area contributed by atoms with E-state index in [9.17, 15) is 13.2 Å². The largest absolute Gasteiger partial charge is 0.374 e. The highest BCUT2D eigenvalue weighted by molar-refractivity contribution is 7.89. The fourth-order valence-electron chi connectivity index (χ4n) is 3.76. The van der Waals surface area contributed by atoms with Gasteiger partial charge in [-0.15, -0.1) is 0 Å². The second-order valence-electron chi connectivity index (χ2n) is 7.64. The molecular formula is C23H20ClN5O3S2. The summed E-state index contributed by atoms with van der Waals surface area (Å²) in [5.74, 6) is -0.368. The molecule has 0 bridgehead atoms. The summed E-state index contributed by atoms with van der Waals surface area (Å²) in [7, 11) is -3.98. The van der Waals surface area contributed by atoms with Crippen LogP contribution in [0.5, 0.6) is 0 Å². The third kappa shape index (κ3) is 4.66. The number of halogens is 1. The quantitative estimate of drug-likeness (QED) is 0.398. The summed E-state index contributed by atoms with van der Waals surface area (Å²) in [4.78, 5) is 15.0. The summed E-state index contributed by atoms with van der Waals surface area (Å²) in [6, 6.07) is 18.6. The number of rotatable bonds is 5. The number of aryl methyl sites for hydroxylation is 1. The van der Waals surface area contributed by atoms with Crippen molar-refractivity contribution in [2.75, 3.05) is 9.91 Å². The average molecular weight is 514 g/mol. The summed E-state index contributed by atoms with van der Waals surface area (Å²) in [5, 5.41) is 11.1. The maximum absolute atomic E-state index is 13.6. The molecule has 3 aromatic carbocycles. The standard InChI is InChI=1S/C23H20ClN5O3S2/c1-14-10-16(24)11-19-20(22(30)28(21(14)19)13-15-6-3-2-4-7-15)27-29(23(25)33)17-8-5-9-18(12-17)34(26,31)32/h2-12H,13H2,1H3,(H2,25,33)(H2,26,31,32)/b27-20-. The van der Waals surface area contributed by atoms with E-state index in [2.05, 4.69) is 5.10 Å². The molecule has 174 valence electrons. The van der Waals surface area contributed by atoms with Gasteiger partial charge in [-0.05, 0) is 60.6 Å². The highest BCUT2D eigenvalue weighted by Gasteiger charge is 2.36. The van der Waals surface area contributed by atoms with Crippen LogP contribution in [-0.2, 0) is 21.4 Å². The highest BCUT2D eigenvalue weighted by atomic mass is 35.5. The van der Waals surface area contributed by atoms with Crippen molar-refractivity contribution < 1.29 is 13.2 Å². The number of nitrogens with zero attached hydrogens (tertiary/aromatic N) is 3. The lowest BCUT2D eigenvalue weighted by atomic mass is 10.1. The lowest BCUT2D eigenvalue weighted by molar-refractivity contribution is -0.112. The Hall–Kier alpha value is -3.31. The van der Waals surface area contributed by atoms with Gasteiger partial charge >= 0.3 is 0 Å². The summed E-state index contributed by atoms with van der Waals surface area (Å²) >= 11 is 11.5. The van der Waals surface area contributed by atoms with E-state index >= 15 is 0 Å². The van der Waals surface area contributed by atoms with Gasteiger partial charge in [-0.25, -0.2) is 18.6 Å². The van der Waals surface area contributed by atoms with Gasteiger partial charge in [0, 0.05) is 10.6 Å². The molecule has 0 saturated carbocycles. The molecule has 3 aromatic rings. The van der Waals surface area contributed by atoms with Crippen LogP contribution in [-0.4, -0.2) is 25.1 Å². The van der Waals surface area contributed by atoms with Gasteiger partial charge in [0.05, 0.1) is 22.8 Å². The van der Waals surface area contributed by atoms with E-state index in [0.717, 1.165) is 16.1 Å². The number of hydrogen-bond donors (Lipinski definition) is 2. The van der Waals surface area contributed by atoms with Crippen molar-refractivity contribution in [3.63, 3.8) is 0 Å². The molecule has 1 aliphatic rings. The molecule has 0 aliphatic carbocycles. The minimum Gasteiger partial charge on any atom is -0.374 e. The molecule has 1 heterocycles. The second-order valence-corrected chi connectivity index (χ2v) is 10.1. The molecule has 0 aromatic heterocycles. The van der Waals surface area contributed by atoms with Gasteiger partial charge in [-0.3, -0.25) is 4.79 Å². The average Bonchev–Trinajstić information content (AvgIpc) is 3.03. The molecule has 0 unspecified atom stereocenters. The van der Waals surface area contributed by atoms with Crippen molar-refractivity contribution in [1.82, 2.24) is 0 Å². The van der Waals surface area contributed by atoms with E-state index < -0.39 is 10.0 Å². The lowest BCUT2D eigenvalue weighted by Gasteiger charge is -2.19. The van der Waals surface area contributed by atoms with Gasteiger partial charge in [0.15, 0.2) is 10.8 Å². The normalized spacial score (nSPS) is 14.4. The molecule has 11 heteroatoms. The first-order valence-corrected chi connectivity index (χ1v) is 12.4. The molecule has 4 N–H and O–H groups in total. The number of carbonyl (C=O) groups excluding carboxylic acids is 1. The van der Waals surface area contributed by atoms with Crippen LogP contribution in [0.1, 0.15) is 16.7 Å². The van der Waals surface area contributed by atoms with Gasteiger partial charge in [-0.2, -0.15) is 5.10 Å². The Bertz CT molecular complexity index is 1440. The monoisotopic (exact) mass is 513 g/mol. The molecule has 0 fully saturated rings. The summed E-state index contributed by atoms with van der Waals surface area (Å²) in [6.07, 6.45) is 0. The number of hydrazone groups is 1. The summed E-state index contributed by atoms with van der Waals surface area (Å²) in [5.41, 5.74) is 9.16. The number of thiocarbonyl (C=S) groups is 1. The smallest absolute Gasteiger partial charge is 0.279 e. The van der Waals surface area contributed by atoms with Crippen LogP contribution in [0.3, 0.4) is 0 Å². The van der Waals surface area contributed by atoms with Gasteiger partial charge in [0.1, 0.15) is 0 Å². The number of carbonyl (C=O) groups is 1. The van der Waals surface area contributed by atoms with Crippen LogP contribution in [0.4, 0.5) is 11.4 Å². The van der Waals surface area contributed by atoms with Gasteiger partial charge in [-0.1, -0.05) is 48.0 Å². The van der Waals surface area contributed by atoms with Crippen molar-refractivity contribution in [2.45, 2.75) is 18.4 Å². The van der Waals surface area contributed by atoms with Crippen molar-refractivity contribution >= 4 is 61.9 Å². The van der Waals surface area contributed by atoms with Crippen molar-refractivity contribution in [3.05, 3.63) is 88.4 Å². The zero-order valence-corrected chi connectivity index (χ0v) is 20.4. The maximum atomic E-state index is 13.6. The van der Waals surface area contributed by atoms with Crippen molar-refractivity contribution in [1.29, 1.82) is 0 Å². The molecule has 0 atom stereocenters. The first kappa shape index (κ1) is 23.8. The van der Waals surface area contributed by atoms with Crippen LogP contribution in [0.15, 0.2) is 76.7 Å². The SMILES string of the molecule is Cc1cc(Cl)cc2c1N(Cc1ccccc1)C(=O)/C2=N\N(C(N)=S)c1cccc(S(N)(=O)=O)c1. The second kappa shape index (κ2) is 9.15. The molecule has 0 radical (unpaired) electrons. The van der Waals surface area contributed by atoms with E-state index in [0.29, 0.717) is 22.8 Å². The van der Waals surface area contributed by atoms with E-state index in [1.807, 2.05) is 37.3 Å². The summed E-state index contributed by atoms with van der Waals surface area (Å²) in [6.45, 7) is 2.18. The van der Waals surface area contributed by atoms with Crippen LogP contribution in [0.25, 0.3) is 0 Å². The van der Waals surface area contributed by atoms with E-state index in [-0.39, 0.29) is 27.3 Å². The Morgan fingerprint density at radius 1 is 1.12 bits per heavy atom. The zero-order chi connectivity index (χ0) is 24.6. The third-order valence-corrected chi connectivity index (χ3v) is 6.52. The Morgan fingerprint density at radius 2 is 1.82 bits per heavy atom. The topological polar surface area (TPSA) is 122 Å². The summed E-state index contributed by atoms with van der Waals surface area (Å²) < 4.78 is 23.6. The van der Waals surface area contributed by atoms with Crippen LogP contribution in [0.2, 0.25) is 5.02 Å². The molecule has 34 heavy (non-hydrogen) atoms. The Morgan fingerprint density at radius 3 is 2.47 bits per heavy atom. The Kier molecular flexibility index (Phi) is 6.41. The predicted octanol–water partition coefficient (Wildman–Crippen LogP) is 3.30. The number of anilines is 2. The minimum absolute atomic E-state index is 0.0744. The number of hydrogen-bond acceptors (Lipinski definition) is 5. The van der Waals surface area contributed by atoms with Crippen LogP contribution < -0.4 is 20.8 Å². The number of amides is 1. The third-order valence-electron chi connectivity index (χ3n) is 5.22. The van der Waals surface area contributed by atoms with Gasteiger partial charge in [0.2, 0.25) is 10.0 Å². The number of primary sulfonamides is 1. The van der Waals surface area contributed by atoms with Gasteiger partial charge in [0.25, 0.3) is 5.91 Å². The van der Waals surface area contributed by atoms with Crippen molar-refractivity contribution in [3.8, 4) is 0 Å². The van der Waals surface area contributed by atoms with Crippen LogP contribution in [0, 0.1) is 6.92 Å². The number of fused-ring (bicyclic) bond motifs is 1. The van der Waals surface area contributed by atoms with E-state index in [4.69, 9.17) is 34.7 Å². The lowest BCUT2D eigenvalue weighted by Crippen LogP contribution is -2.35. The molecule has 0 spiro atoms. The Balaban J connectivity index is 1.85. The van der Waals surface area contributed by atoms with Crippen molar-refractivity contribution in [2.24, 2.45) is 16.0 Å². The van der Waals surface area contributed by atoms with Crippen LogP contribution >= 0.6 is 23.8 Å². The number of nitrogens with two attached hydrogens (primary N) is 2.